The van der Waals surface area contributed by atoms with Crippen molar-refractivity contribution in [1.29, 1.82) is 0 Å². The van der Waals surface area contributed by atoms with E-state index in [1.165, 1.54) is 11.3 Å². The van der Waals surface area contributed by atoms with Crippen LogP contribution < -0.4 is 20.7 Å². The van der Waals surface area contributed by atoms with Gasteiger partial charge in [-0.2, -0.15) is 0 Å². The van der Waals surface area contributed by atoms with Gasteiger partial charge in [-0.3, -0.25) is 4.99 Å². The maximum atomic E-state index is 6.15. The van der Waals surface area contributed by atoms with E-state index >= 15 is 0 Å². The maximum absolute atomic E-state index is 6.15. The zero-order chi connectivity index (χ0) is 19.4. The van der Waals surface area contributed by atoms with Crippen molar-refractivity contribution in [3.8, 4) is 5.75 Å². The summed E-state index contributed by atoms with van der Waals surface area (Å²) in [6.07, 6.45) is 1.08. The van der Waals surface area contributed by atoms with Gasteiger partial charge in [0, 0.05) is 36.0 Å². The lowest BCUT2D eigenvalue weighted by Crippen LogP contribution is -2.25. The van der Waals surface area contributed by atoms with Gasteiger partial charge in [0.1, 0.15) is 5.75 Å². The minimum atomic E-state index is 0. The molecule has 2 aromatic carbocycles. The van der Waals surface area contributed by atoms with E-state index in [-0.39, 0.29) is 24.0 Å². The molecule has 1 aliphatic heterocycles. The molecule has 3 N–H and O–H groups in total. The van der Waals surface area contributed by atoms with Crippen molar-refractivity contribution >= 4 is 64.5 Å². The number of guanidine groups is 1. The number of benzene rings is 2. The van der Waals surface area contributed by atoms with E-state index in [1.54, 1.807) is 19.2 Å². The Kier molecular flexibility index (Phi) is 8.52. The number of aliphatic imine (C=N–C) groups is 1. The van der Waals surface area contributed by atoms with Crippen LogP contribution in [0.2, 0.25) is 10.0 Å². The number of rotatable bonds is 5. The highest BCUT2D eigenvalue weighted by Gasteiger charge is 2.23. The Morgan fingerprint density at radius 2 is 2.07 bits per heavy atom. The van der Waals surface area contributed by atoms with E-state index in [4.69, 9.17) is 33.7 Å². The molecule has 0 amide bonds. The van der Waals surface area contributed by atoms with Gasteiger partial charge >= 0.3 is 0 Å². The summed E-state index contributed by atoms with van der Waals surface area (Å²) >= 11 is 12.3. The number of ether oxygens (including phenoxy) is 1. The van der Waals surface area contributed by atoms with E-state index in [0.29, 0.717) is 29.2 Å². The second-order valence-electron chi connectivity index (χ2n) is 6.73. The number of nitrogens with two attached hydrogens (primary N) is 1. The number of nitrogens with one attached hydrogen (secondary N) is 1. The van der Waals surface area contributed by atoms with Crippen molar-refractivity contribution in [2.45, 2.75) is 13.3 Å². The van der Waals surface area contributed by atoms with Crippen LogP contribution in [0.4, 0.5) is 11.4 Å². The van der Waals surface area contributed by atoms with Gasteiger partial charge < -0.3 is 20.7 Å². The summed E-state index contributed by atoms with van der Waals surface area (Å²) in [6, 6.07) is 11.4. The second kappa shape index (κ2) is 10.4. The number of nitrogens with zero attached hydrogens (tertiary/aromatic N) is 2. The fraction of sp³-hybridized carbons (Fsp3) is 0.350. The molecule has 0 spiro atoms. The van der Waals surface area contributed by atoms with Crippen LogP contribution in [0.25, 0.3) is 0 Å². The molecule has 8 heteroatoms. The monoisotopic (exact) mass is 534 g/mol. The molecular formula is C20H25Cl2IN4O. The van der Waals surface area contributed by atoms with Crippen molar-refractivity contribution < 1.29 is 4.74 Å². The molecule has 0 bridgehead atoms. The highest BCUT2D eigenvalue weighted by Crippen LogP contribution is 2.30. The lowest BCUT2D eigenvalue weighted by molar-refractivity contribution is 0.415. The van der Waals surface area contributed by atoms with Crippen LogP contribution in [0.1, 0.15) is 12.0 Å². The SMILES string of the molecule is COc1ccc(NC(N)=NCC2CCN(c3cc(Cl)ccc3C)C2)cc1Cl.I. The molecule has 1 heterocycles. The van der Waals surface area contributed by atoms with Crippen LogP contribution >= 0.6 is 47.2 Å². The Hall–Kier alpha value is -1.38. The first-order chi connectivity index (χ1) is 13.0. The smallest absolute Gasteiger partial charge is 0.193 e. The predicted molar refractivity (Wildman–Crippen MR) is 130 cm³/mol. The Morgan fingerprint density at radius 3 is 2.79 bits per heavy atom. The summed E-state index contributed by atoms with van der Waals surface area (Å²) < 4.78 is 5.15. The van der Waals surface area contributed by atoms with E-state index in [9.17, 15) is 0 Å². The van der Waals surface area contributed by atoms with Crippen LogP contribution in [0, 0.1) is 12.8 Å². The van der Waals surface area contributed by atoms with E-state index in [0.717, 1.165) is 30.2 Å². The molecule has 1 saturated heterocycles. The molecule has 1 aliphatic rings. The van der Waals surface area contributed by atoms with Crippen LogP contribution in [-0.2, 0) is 0 Å². The molecule has 0 saturated carbocycles. The lowest BCUT2D eigenvalue weighted by atomic mass is 10.1. The first-order valence-corrected chi connectivity index (χ1v) is 9.63. The summed E-state index contributed by atoms with van der Waals surface area (Å²) in [5, 5.41) is 4.37. The second-order valence-corrected chi connectivity index (χ2v) is 7.58. The summed E-state index contributed by atoms with van der Waals surface area (Å²) in [6.45, 7) is 4.74. The standard InChI is InChI=1S/C20H24Cl2N4O.HI/c1-13-3-4-15(21)9-18(13)26-8-7-14(12-26)11-24-20(23)25-16-5-6-19(27-2)17(22)10-16;/h3-6,9-10,14H,7-8,11-12H2,1-2H3,(H3,23,24,25);1H. The number of hydrogen-bond acceptors (Lipinski definition) is 3. The Balaban J connectivity index is 0.00000280. The van der Waals surface area contributed by atoms with Crippen molar-refractivity contribution in [3.63, 3.8) is 0 Å². The minimum Gasteiger partial charge on any atom is -0.495 e. The van der Waals surface area contributed by atoms with Gasteiger partial charge in [-0.25, -0.2) is 0 Å². The molecule has 0 aromatic heterocycles. The Labute approximate surface area is 193 Å². The fourth-order valence-corrected chi connectivity index (χ4v) is 3.71. The Morgan fingerprint density at radius 1 is 1.29 bits per heavy atom. The normalized spacial score (nSPS) is 16.6. The van der Waals surface area contributed by atoms with Crippen molar-refractivity contribution in [2.24, 2.45) is 16.6 Å². The van der Waals surface area contributed by atoms with Gasteiger partial charge in [-0.05, 0) is 55.2 Å². The summed E-state index contributed by atoms with van der Waals surface area (Å²) in [4.78, 5) is 6.87. The zero-order valence-corrected chi connectivity index (χ0v) is 19.8. The first kappa shape index (κ1) is 22.9. The van der Waals surface area contributed by atoms with Crippen LogP contribution in [0.15, 0.2) is 41.4 Å². The van der Waals surface area contributed by atoms with E-state index in [2.05, 4.69) is 28.2 Å². The number of aryl methyl sites for hydroxylation is 1. The fourth-order valence-electron chi connectivity index (χ4n) is 3.28. The molecule has 1 atom stereocenters. The van der Waals surface area contributed by atoms with Gasteiger partial charge in [0.2, 0.25) is 0 Å². The summed E-state index contributed by atoms with van der Waals surface area (Å²) in [7, 11) is 1.58. The number of anilines is 2. The number of hydrogen-bond donors (Lipinski definition) is 2. The average molecular weight is 535 g/mol. The van der Waals surface area contributed by atoms with E-state index in [1.807, 2.05) is 18.2 Å². The number of halogens is 3. The zero-order valence-electron chi connectivity index (χ0n) is 15.9. The average Bonchev–Trinajstić information content (AvgIpc) is 3.11. The Bertz CT molecular complexity index is 847. The van der Waals surface area contributed by atoms with Gasteiger partial charge in [0.25, 0.3) is 0 Å². The molecule has 0 radical (unpaired) electrons. The lowest BCUT2D eigenvalue weighted by Gasteiger charge is -2.21. The van der Waals surface area contributed by atoms with Crippen molar-refractivity contribution in [3.05, 3.63) is 52.0 Å². The van der Waals surface area contributed by atoms with E-state index < -0.39 is 0 Å². The molecule has 28 heavy (non-hydrogen) atoms. The topological polar surface area (TPSA) is 62.9 Å². The van der Waals surface area contributed by atoms with Gasteiger partial charge in [-0.1, -0.05) is 29.3 Å². The molecule has 2 aromatic rings. The largest absolute Gasteiger partial charge is 0.495 e. The first-order valence-electron chi connectivity index (χ1n) is 8.88. The highest BCUT2D eigenvalue weighted by molar-refractivity contribution is 14.0. The molecule has 0 aliphatic carbocycles. The summed E-state index contributed by atoms with van der Waals surface area (Å²) in [5.74, 6) is 1.47. The van der Waals surface area contributed by atoms with Gasteiger partial charge in [0.15, 0.2) is 5.96 Å². The quantitative estimate of drug-likeness (QED) is 0.315. The predicted octanol–water partition coefficient (Wildman–Crippen LogP) is 5.18. The molecule has 152 valence electrons. The minimum absolute atomic E-state index is 0. The van der Waals surface area contributed by atoms with Crippen molar-refractivity contribution in [2.75, 3.05) is 37.0 Å². The molecule has 5 nitrogen and oxygen atoms in total. The molecular weight excluding hydrogens is 510 g/mol. The number of methoxy groups -OCH3 is 1. The third-order valence-corrected chi connectivity index (χ3v) is 5.27. The maximum Gasteiger partial charge on any atom is 0.193 e. The third kappa shape index (κ3) is 5.81. The van der Waals surface area contributed by atoms with Crippen LogP contribution in [0.5, 0.6) is 5.75 Å². The molecule has 3 rings (SSSR count). The third-order valence-electron chi connectivity index (χ3n) is 4.74. The van der Waals surface area contributed by atoms with Crippen LogP contribution in [0.3, 0.4) is 0 Å². The van der Waals surface area contributed by atoms with Crippen molar-refractivity contribution in [1.82, 2.24) is 0 Å². The highest BCUT2D eigenvalue weighted by atomic mass is 127. The summed E-state index contributed by atoms with van der Waals surface area (Å²) in [5.41, 5.74) is 9.25. The molecule has 1 unspecified atom stereocenters. The van der Waals surface area contributed by atoms with Gasteiger partial charge in [-0.15, -0.1) is 24.0 Å². The van der Waals surface area contributed by atoms with Gasteiger partial charge in [0.05, 0.1) is 12.1 Å². The molecule has 1 fully saturated rings. The van der Waals surface area contributed by atoms with Crippen LogP contribution in [-0.4, -0.2) is 32.7 Å².